The molecule has 0 bridgehead atoms. The predicted octanol–water partition coefficient (Wildman–Crippen LogP) is 4.70. The molecule has 1 aliphatic heterocycles. The topological polar surface area (TPSA) is 84.6 Å². The van der Waals surface area contributed by atoms with Crippen LogP contribution in [0.25, 0.3) is 6.08 Å². The van der Waals surface area contributed by atoms with E-state index in [2.05, 4.69) is 10.3 Å². The SMILES string of the molecule is Cc1ccc(/C=C/C(=O)c2ccc(NC3=NCCCS3)cc2)cc1[N+](=O)[O-]. The summed E-state index contributed by atoms with van der Waals surface area (Å²) in [6.45, 7) is 2.53. The van der Waals surface area contributed by atoms with Crippen molar-refractivity contribution in [3.05, 3.63) is 75.3 Å². The number of carbonyl (C=O) groups excluding carboxylic acids is 1. The van der Waals surface area contributed by atoms with Crippen LogP contribution in [0.15, 0.2) is 53.5 Å². The molecular weight excluding hydrogens is 362 g/mol. The third kappa shape index (κ3) is 5.04. The van der Waals surface area contributed by atoms with Crippen molar-refractivity contribution in [2.45, 2.75) is 13.3 Å². The number of nitrogens with zero attached hydrogens (tertiary/aromatic N) is 2. The number of anilines is 1. The Morgan fingerprint density at radius 2 is 2.04 bits per heavy atom. The lowest BCUT2D eigenvalue weighted by Gasteiger charge is -2.13. The molecule has 6 nitrogen and oxygen atoms in total. The lowest BCUT2D eigenvalue weighted by Crippen LogP contribution is -2.13. The van der Waals surface area contributed by atoms with Gasteiger partial charge in [0.05, 0.1) is 4.92 Å². The van der Waals surface area contributed by atoms with E-state index in [1.54, 1.807) is 49.0 Å². The van der Waals surface area contributed by atoms with E-state index in [1.165, 1.54) is 12.1 Å². The Kier molecular flexibility index (Phi) is 6.03. The number of aryl methyl sites for hydroxylation is 1. The maximum atomic E-state index is 12.3. The zero-order valence-electron chi connectivity index (χ0n) is 14.8. The van der Waals surface area contributed by atoms with Crippen molar-refractivity contribution in [1.29, 1.82) is 0 Å². The molecule has 3 rings (SSSR count). The molecule has 0 fully saturated rings. The van der Waals surface area contributed by atoms with Crippen molar-refractivity contribution in [1.82, 2.24) is 0 Å². The highest BCUT2D eigenvalue weighted by atomic mass is 32.2. The first kappa shape index (κ1) is 18.8. The molecule has 0 atom stereocenters. The Morgan fingerprint density at radius 1 is 1.26 bits per heavy atom. The molecule has 0 saturated heterocycles. The van der Waals surface area contributed by atoms with Gasteiger partial charge in [-0.1, -0.05) is 30.0 Å². The van der Waals surface area contributed by atoms with Gasteiger partial charge in [-0.15, -0.1) is 0 Å². The van der Waals surface area contributed by atoms with Crippen LogP contribution in [0.5, 0.6) is 0 Å². The van der Waals surface area contributed by atoms with Crippen molar-refractivity contribution in [3.63, 3.8) is 0 Å². The Labute approximate surface area is 161 Å². The summed E-state index contributed by atoms with van der Waals surface area (Å²) in [5.41, 5.74) is 2.69. The van der Waals surface area contributed by atoms with E-state index in [-0.39, 0.29) is 11.5 Å². The molecule has 2 aromatic rings. The molecule has 0 spiro atoms. The van der Waals surface area contributed by atoms with Crippen molar-refractivity contribution in [2.24, 2.45) is 4.99 Å². The van der Waals surface area contributed by atoms with Gasteiger partial charge in [0, 0.05) is 35.2 Å². The summed E-state index contributed by atoms with van der Waals surface area (Å²) in [6.07, 6.45) is 4.12. The molecule has 0 radical (unpaired) electrons. The fraction of sp³-hybridized carbons (Fsp3) is 0.200. The number of carbonyl (C=O) groups is 1. The molecule has 2 aromatic carbocycles. The van der Waals surface area contributed by atoms with E-state index in [4.69, 9.17) is 0 Å². The zero-order chi connectivity index (χ0) is 19.2. The summed E-state index contributed by atoms with van der Waals surface area (Å²) >= 11 is 1.69. The summed E-state index contributed by atoms with van der Waals surface area (Å²) in [7, 11) is 0. The minimum atomic E-state index is -0.422. The second kappa shape index (κ2) is 8.64. The summed E-state index contributed by atoms with van der Waals surface area (Å²) in [5, 5.41) is 15.2. The van der Waals surface area contributed by atoms with Crippen molar-refractivity contribution < 1.29 is 9.72 Å². The molecule has 0 amide bonds. The van der Waals surface area contributed by atoms with Gasteiger partial charge in [0.1, 0.15) is 0 Å². The van der Waals surface area contributed by atoms with E-state index in [9.17, 15) is 14.9 Å². The molecule has 0 unspecified atom stereocenters. The van der Waals surface area contributed by atoms with Crippen LogP contribution in [0.4, 0.5) is 11.4 Å². The van der Waals surface area contributed by atoms with Gasteiger partial charge < -0.3 is 5.32 Å². The smallest absolute Gasteiger partial charge is 0.272 e. The number of allylic oxidation sites excluding steroid dienone is 1. The lowest BCUT2D eigenvalue weighted by molar-refractivity contribution is -0.385. The molecule has 0 aromatic heterocycles. The molecule has 1 aliphatic rings. The summed E-state index contributed by atoms with van der Waals surface area (Å²) in [4.78, 5) is 27.3. The Morgan fingerprint density at radius 3 is 2.70 bits per heavy atom. The molecule has 1 heterocycles. The van der Waals surface area contributed by atoms with Gasteiger partial charge >= 0.3 is 0 Å². The van der Waals surface area contributed by atoms with Crippen molar-refractivity contribution in [2.75, 3.05) is 17.6 Å². The molecule has 138 valence electrons. The second-order valence-corrected chi connectivity index (χ2v) is 7.18. The average Bonchev–Trinajstić information content (AvgIpc) is 2.68. The molecule has 1 N–H and O–H groups in total. The highest BCUT2D eigenvalue weighted by molar-refractivity contribution is 8.14. The first-order valence-electron chi connectivity index (χ1n) is 8.55. The Balaban J connectivity index is 1.67. The van der Waals surface area contributed by atoms with Crippen molar-refractivity contribution >= 4 is 40.2 Å². The van der Waals surface area contributed by atoms with Gasteiger partial charge in [0.2, 0.25) is 0 Å². The molecule has 0 saturated carbocycles. The predicted molar refractivity (Wildman–Crippen MR) is 111 cm³/mol. The number of benzene rings is 2. The second-order valence-electron chi connectivity index (χ2n) is 6.09. The molecule has 0 aliphatic carbocycles. The number of hydrogen-bond donors (Lipinski definition) is 1. The fourth-order valence-electron chi connectivity index (χ4n) is 2.57. The average molecular weight is 381 g/mol. The Hall–Kier alpha value is -2.93. The maximum Gasteiger partial charge on any atom is 0.272 e. The van der Waals surface area contributed by atoms with E-state index >= 15 is 0 Å². The van der Waals surface area contributed by atoms with E-state index in [1.807, 2.05) is 12.1 Å². The molecule has 7 heteroatoms. The fourth-order valence-corrected chi connectivity index (χ4v) is 3.41. The normalized spacial score (nSPS) is 14.0. The summed E-state index contributed by atoms with van der Waals surface area (Å²) in [6, 6.07) is 12.1. The van der Waals surface area contributed by atoms with Gasteiger partial charge in [-0.2, -0.15) is 0 Å². The first-order valence-corrected chi connectivity index (χ1v) is 9.53. The van der Waals surface area contributed by atoms with Crippen LogP contribution >= 0.6 is 11.8 Å². The van der Waals surface area contributed by atoms with Crippen LogP contribution in [-0.4, -0.2) is 28.2 Å². The highest BCUT2D eigenvalue weighted by Crippen LogP contribution is 2.21. The van der Waals surface area contributed by atoms with Crippen LogP contribution in [-0.2, 0) is 0 Å². The van der Waals surface area contributed by atoms with E-state index in [0.717, 1.165) is 29.6 Å². The molecular formula is C20H19N3O3S. The van der Waals surface area contributed by atoms with Crippen LogP contribution in [0.1, 0.15) is 27.9 Å². The van der Waals surface area contributed by atoms with Crippen LogP contribution < -0.4 is 5.32 Å². The number of aliphatic imine (C=N–C) groups is 1. The number of rotatable bonds is 5. The van der Waals surface area contributed by atoms with Gasteiger partial charge in [-0.25, -0.2) is 0 Å². The van der Waals surface area contributed by atoms with Crippen LogP contribution in [0.2, 0.25) is 0 Å². The third-order valence-corrected chi connectivity index (χ3v) is 5.07. The number of thioether (sulfide) groups is 1. The zero-order valence-corrected chi connectivity index (χ0v) is 15.7. The maximum absolute atomic E-state index is 12.3. The van der Waals surface area contributed by atoms with Gasteiger partial charge in [-0.3, -0.25) is 19.9 Å². The Bertz CT molecular complexity index is 921. The van der Waals surface area contributed by atoms with Gasteiger partial charge in [0.25, 0.3) is 5.69 Å². The standard InChI is InChI=1S/C20H19N3O3S/c1-14-3-4-15(13-18(14)23(25)26)5-10-19(24)16-6-8-17(9-7-16)22-20-21-11-2-12-27-20/h3-10,13H,2,11-12H2,1H3,(H,21,22)/b10-5+. The van der Waals surface area contributed by atoms with Gasteiger partial charge in [0.15, 0.2) is 11.0 Å². The quantitative estimate of drug-likeness (QED) is 0.351. The molecule has 27 heavy (non-hydrogen) atoms. The van der Waals surface area contributed by atoms with Gasteiger partial charge in [-0.05, 0) is 49.2 Å². The van der Waals surface area contributed by atoms with Crippen LogP contribution in [0.3, 0.4) is 0 Å². The minimum absolute atomic E-state index is 0.0449. The largest absolute Gasteiger partial charge is 0.335 e. The number of ketones is 1. The number of hydrogen-bond acceptors (Lipinski definition) is 6. The minimum Gasteiger partial charge on any atom is -0.335 e. The summed E-state index contributed by atoms with van der Waals surface area (Å²) < 4.78 is 0. The summed E-state index contributed by atoms with van der Waals surface area (Å²) in [5.74, 6) is 0.902. The number of nitro benzene ring substituents is 1. The first-order chi connectivity index (χ1) is 13.0. The monoisotopic (exact) mass is 381 g/mol. The highest BCUT2D eigenvalue weighted by Gasteiger charge is 2.10. The van der Waals surface area contributed by atoms with E-state index < -0.39 is 4.92 Å². The number of nitro groups is 1. The van der Waals surface area contributed by atoms with Crippen LogP contribution in [0, 0.1) is 17.0 Å². The van der Waals surface area contributed by atoms with Crippen molar-refractivity contribution in [3.8, 4) is 0 Å². The number of amidine groups is 1. The number of nitrogens with one attached hydrogen (secondary N) is 1. The lowest BCUT2D eigenvalue weighted by atomic mass is 10.1. The van der Waals surface area contributed by atoms with E-state index in [0.29, 0.717) is 16.7 Å². The third-order valence-electron chi connectivity index (χ3n) is 4.07.